The number of unbranched alkanes of at least 4 members (excludes halogenated alkanes) is 2. The Morgan fingerprint density at radius 1 is 0.867 bits per heavy atom. The third-order valence-electron chi connectivity index (χ3n) is 2.49. The smallest absolute Gasteiger partial charge is 0.116 e. The van der Waals surface area contributed by atoms with E-state index in [0.717, 1.165) is 25.7 Å². The number of rotatable bonds is 10. The monoisotopic (exact) mass is 222 g/mol. The van der Waals surface area contributed by atoms with Gasteiger partial charge in [0.2, 0.25) is 0 Å². The van der Waals surface area contributed by atoms with E-state index in [-0.39, 0.29) is 0 Å². The van der Waals surface area contributed by atoms with E-state index in [2.05, 4.69) is 13.8 Å². The van der Waals surface area contributed by atoms with E-state index in [0.29, 0.717) is 12.8 Å². The molecular weight excluding hydrogens is 198 g/mol. The molecule has 15 heavy (non-hydrogen) atoms. The average molecular weight is 222 g/mol. The fourth-order valence-corrected chi connectivity index (χ4v) is 1.50. The first-order chi connectivity index (χ1) is 7.28. The van der Waals surface area contributed by atoms with Crippen molar-refractivity contribution in [3.63, 3.8) is 0 Å². The van der Waals surface area contributed by atoms with E-state index < -0.39 is 25.6 Å². The Hall–Kier alpha value is -0.180. The second kappa shape index (κ2) is 10.3. The van der Waals surface area contributed by atoms with E-state index >= 15 is 0 Å². The average Bonchev–Trinajstić information content (AvgIpc) is 2.28. The van der Waals surface area contributed by atoms with Gasteiger partial charge in [-0.1, -0.05) is 39.5 Å². The predicted octanol–water partition coefficient (Wildman–Crippen LogP) is 4.06. The highest BCUT2D eigenvalue weighted by atomic mass is 19.1. The largest absolute Gasteiger partial charge is 0.370 e. The van der Waals surface area contributed by atoms with Gasteiger partial charge in [-0.15, -0.1) is 0 Å². The first-order valence-corrected chi connectivity index (χ1v) is 6.05. The molecule has 0 aliphatic carbocycles. The number of hydrogen-bond donors (Lipinski definition) is 0. The van der Waals surface area contributed by atoms with Crippen LogP contribution in [0.15, 0.2) is 0 Å². The van der Waals surface area contributed by atoms with E-state index in [9.17, 15) is 8.78 Å². The molecule has 0 fully saturated rings. The molecule has 92 valence electrons. The van der Waals surface area contributed by atoms with Crippen LogP contribution in [0, 0.1) is 0 Å². The van der Waals surface area contributed by atoms with Gasteiger partial charge in [0, 0.05) is 0 Å². The van der Waals surface area contributed by atoms with Crippen LogP contribution in [0.2, 0.25) is 0 Å². The Morgan fingerprint density at radius 3 is 1.53 bits per heavy atom. The molecule has 0 aromatic heterocycles. The van der Waals surface area contributed by atoms with Crippen molar-refractivity contribution in [2.75, 3.05) is 13.3 Å². The predicted molar refractivity (Wildman–Crippen MR) is 59.7 cm³/mol. The minimum absolute atomic E-state index is 0.400. The number of alkyl halides is 2. The normalized spacial score (nSPS) is 15.2. The summed E-state index contributed by atoms with van der Waals surface area (Å²) in [5, 5.41) is 0. The molecule has 2 unspecified atom stereocenters. The molecular formula is C12H24F2O. The maximum absolute atomic E-state index is 12.6. The van der Waals surface area contributed by atoms with E-state index in [1.54, 1.807) is 0 Å². The third-order valence-corrected chi connectivity index (χ3v) is 2.49. The molecule has 0 aliphatic rings. The van der Waals surface area contributed by atoms with Crippen LogP contribution in [0.1, 0.15) is 52.4 Å². The minimum atomic E-state index is -0.497. The molecule has 0 bridgehead atoms. The molecule has 0 spiro atoms. The first-order valence-electron chi connectivity index (χ1n) is 6.05. The van der Waals surface area contributed by atoms with Crippen molar-refractivity contribution in [2.45, 2.75) is 64.6 Å². The number of halogens is 2. The van der Waals surface area contributed by atoms with Crippen molar-refractivity contribution in [1.82, 2.24) is 0 Å². The number of hydrogen-bond acceptors (Lipinski definition) is 1. The van der Waals surface area contributed by atoms with Crippen LogP contribution < -0.4 is 0 Å². The van der Waals surface area contributed by atoms with Gasteiger partial charge >= 0.3 is 0 Å². The SMILES string of the molecule is CCCCC(CF)OC(CF)CCCC. The number of ether oxygens (including phenoxy) is 1. The molecule has 1 nitrogen and oxygen atoms in total. The van der Waals surface area contributed by atoms with Crippen LogP contribution in [0.25, 0.3) is 0 Å². The lowest BCUT2D eigenvalue weighted by molar-refractivity contribution is -0.0427. The van der Waals surface area contributed by atoms with E-state index in [4.69, 9.17) is 4.74 Å². The summed E-state index contributed by atoms with van der Waals surface area (Å²) >= 11 is 0. The lowest BCUT2D eigenvalue weighted by Crippen LogP contribution is -2.25. The van der Waals surface area contributed by atoms with Gasteiger partial charge in [-0.25, -0.2) is 8.78 Å². The van der Waals surface area contributed by atoms with Gasteiger partial charge in [0.15, 0.2) is 0 Å². The highest BCUT2D eigenvalue weighted by molar-refractivity contribution is 4.63. The molecule has 0 saturated heterocycles. The Kier molecular flexibility index (Phi) is 10.2. The van der Waals surface area contributed by atoms with Crippen LogP contribution in [0.4, 0.5) is 8.78 Å². The van der Waals surface area contributed by atoms with Gasteiger partial charge in [0.25, 0.3) is 0 Å². The van der Waals surface area contributed by atoms with E-state index in [1.165, 1.54) is 0 Å². The van der Waals surface area contributed by atoms with E-state index in [1.807, 2.05) is 0 Å². The molecule has 0 saturated carbocycles. The van der Waals surface area contributed by atoms with Gasteiger partial charge in [-0.2, -0.15) is 0 Å². The Morgan fingerprint density at radius 2 is 1.27 bits per heavy atom. The zero-order valence-electron chi connectivity index (χ0n) is 9.98. The summed E-state index contributed by atoms with van der Waals surface area (Å²) in [6.07, 6.45) is 4.54. The molecule has 0 aliphatic heterocycles. The van der Waals surface area contributed by atoms with Crippen molar-refractivity contribution in [3.8, 4) is 0 Å². The quantitative estimate of drug-likeness (QED) is 0.541. The summed E-state index contributed by atoms with van der Waals surface area (Å²) in [7, 11) is 0. The Labute approximate surface area is 92.2 Å². The van der Waals surface area contributed by atoms with Crippen molar-refractivity contribution in [1.29, 1.82) is 0 Å². The van der Waals surface area contributed by atoms with Crippen LogP contribution in [0.3, 0.4) is 0 Å². The van der Waals surface area contributed by atoms with Crippen molar-refractivity contribution in [3.05, 3.63) is 0 Å². The standard InChI is InChI=1S/C12H24F2O/c1-3-5-7-11(9-13)15-12(10-14)8-6-4-2/h11-12H,3-10H2,1-2H3. The lowest BCUT2D eigenvalue weighted by Gasteiger charge is -2.20. The molecule has 0 aromatic rings. The molecule has 0 rings (SSSR count). The van der Waals surface area contributed by atoms with Gasteiger partial charge in [0.05, 0.1) is 12.2 Å². The summed E-state index contributed by atoms with van der Waals surface area (Å²) in [6, 6.07) is 0. The molecule has 0 N–H and O–H groups in total. The first kappa shape index (κ1) is 14.8. The molecule has 0 amide bonds. The lowest BCUT2D eigenvalue weighted by atomic mass is 10.1. The molecule has 0 radical (unpaired) electrons. The summed E-state index contributed by atoms with van der Waals surface area (Å²) in [4.78, 5) is 0. The zero-order chi connectivity index (χ0) is 11.5. The van der Waals surface area contributed by atoms with Gasteiger partial charge in [0.1, 0.15) is 13.3 Å². The zero-order valence-corrected chi connectivity index (χ0v) is 9.98. The fraction of sp³-hybridized carbons (Fsp3) is 1.00. The third kappa shape index (κ3) is 7.71. The molecule has 2 atom stereocenters. The maximum atomic E-state index is 12.6. The summed E-state index contributed by atoms with van der Waals surface area (Å²) in [5.41, 5.74) is 0. The summed E-state index contributed by atoms with van der Waals surface area (Å²) < 4.78 is 30.5. The second-order valence-corrected chi connectivity index (χ2v) is 3.97. The van der Waals surface area contributed by atoms with Crippen molar-refractivity contribution in [2.24, 2.45) is 0 Å². The second-order valence-electron chi connectivity index (χ2n) is 3.97. The summed E-state index contributed by atoms with van der Waals surface area (Å²) in [5.74, 6) is 0. The highest BCUT2D eigenvalue weighted by Crippen LogP contribution is 2.13. The molecule has 3 heteroatoms. The fourth-order valence-electron chi connectivity index (χ4n) is 1.50. The van der Waals surface area contributed by atoms with Gasteiger partial charge < -0.3 is 4.74 Å². The van der Waals surface area contributed by atoms with Crippen LogP contribution >= 0.6 is 0 Å². The van der Waals surface area contributed by atoms with Gasteiger partial charge in [-0.3, -0.25) is 0 Å². The molecule has 0 aromatic carbocycles. The van der Waals surface area contributed by atoms with Crippen LogP contribution in [0.5, 0.6) is 0 Å². The minimum Gasteiger partial charge on any atom is -0.370 e. The van der Waals surface area contributed by atoms with Gasteiger partial charge in [-0.05, 0) is 12.8 Å². The highest BCUT2D eigenvalue weighted by Gasteiger charge is 2.15. The van der Waals surface area contributed by atoms with Crippen molar-refractivity contribution < 1.29 is 13.5 Å². The van der Waals surface area contributed by atoms with Crippen molar-refractivity contribution >= 4 is 0 Å². The van der Waals surface area contributed by atoms with Crippen LogP contribution in [-0.2, 0) is 4.74 Å². The molecule has 0 heterocycles. The topological polar surface area (TPSA) is 9.23 Å². The Bertz CT molecular complexity index is 117. The maximum Gasteiger partial charge on any atom is 0.116 e. The van der Waals surface area contributed by atoms with Crippen LogP contribution in [-0.4, -0.2) is 25.6 Å². The Balaban J connectivity index is 3.77. The summed E-state index contributed by atoms with van der Waals surface area (Å²) in [6.45, 7) is 3.11.